The summed E-state index contributed by atoms with van der Waals surface area (Å²) in [4.78, 5) is 27.7. The van der Waals surface area contributed by atoms with Crippen LogP contribution in [-0.2, 0) is 9.59 Å². The first-order chi connectivity index (χ1) is 14.6. The fourth-order valence-electron chi connectivity index (χ4n) is 4.44. The van der Waals surface area contributed by atoms with E-state index >= 15 is 0 Å². The van der Waals surface area contributed by atoms with Crippen molar-refractivity contribution in [2.75, 3.05) is 6.61 Å². The zero-order valence-electron chi connectivity index (χ0n) is 18.1. The van der Waals surface area contributed by atoms with E-state index in [-0.39, 0.29) is 22.9 Å². The maximum atomic E-state index is 13.3. The van der Waals surface area contributed by atoms with E-state index < -0.39 is 0 Å². The number of carbonyl (C=O) groups excluding carboxylic acids is 2. The average Bonchev–Trinajstić information content (AvgIpc) is 2.96. The summed E-state index contributed by atoms with van der Waals surface area (Å²) < 4.78 is 5.62. The quantitative estimate of drug-likeness (QED) is 0.502. The first-order valence-corrected chi connectivity index (χ1v) is 12.0. The van der Waals surface area contributed by atoms with Crippen molar-refractivity contribution >= 4 is 29.0 Å². The molecule has 1 aliphatic heterocycles. The van der Waals surface area contributed by atoms with Crippen LogP contribution >= 0.6 is 11.6 Å². The molecule has 0 saturated heterocycles. The smallest absolute Gasteiger partial charge is 0.273 e. The first kappa shape index (κ1) is 22.9. The van der Waals surface area contributed by atoms with Gasteiger partial charge < -0.3 is 4.74 Å². The van der Waals surface area contributed by atoms with Crippen LogP contribution in [0.2, 0.25) is 0 Å². The Kier molecular flexibility index (Phi) is 8.80. The van der Waals surface area contributed by atoms with Crippen LogP contribution < -0.4 is 4.74 Å². The van der Waals surface area contributed by atoms with Gasteiger partial charge in [-0.3, -0.25) is 14.5 Å². The molecule has 1 saturated carbocycles. The van der Waals surface area contributed by atoms with Gasteiger partial charge in [-0.1, -0.05) is 88.4 Å². The summed E-state index contributed by atoms with van der Waals surface area (Å²) in [5, 5.41) is 0.0494. The molecule has 5 heteroatoms. The van der Waals surface area contributed by atoms with Gasteiger partial charge in [-0.15, -0.1) is 0 Å². The summed E-state index contributed by atoms with van der Waals surface area (Å²) in [5.41, 5.74) is 1.01. The molecule has 1 fully saturated rings. The highest BCUT2D eigenvalue weighted by molar-refractivity contribution is 6.55. The number of hydrogen-bond acceptors (Lipinski definition) is 3. The third-order valence-corrected chi connectivity index (χ3v) is 6.47. The summed E-state index contributed by atoms with van der Waals surface area (Å²) in [6.45, 7) is 2.70. The van der Waals surface area contributed by atoms with Crippen molar-refractivity contribution in [2.45, 2.75) is 90.0 Å². The lowest BCUT2D eigenvalue weighted by molar-refractivity contribution is -0.139. The number of rotatable bonds is 5. The van der Waals surface area contributed by atoms with Gasteiger partial charge in [0.25, 0.3) is 11.8 Å². The third kappa shape index (κ3) is 5.66. The minimum atomic E-state index is -0.333. The molecule has 0 N–H and O–H groups in total. The Balaban J connectivity index is 1.73. The molecule has 0 unspecified atom stereocenters. The number of hydrogen-bond donors (Lipinski definition) is 0. The van der Waals surface area contributed by atoms with Gasteiger partial charge in [0, 0.05) is 6.04 Å². The van der Waals surface area contributed by atoms with Crippen LogP contribution in [0.3, 0.4) is 0 Å². The average molecular weight is 432 g/mol. The highest BCUT2D eigenvalue weighted by atomic mass is 35.5. The molecule has 0 spiro atoms. The predicted molar refractivity (Wildman–Crippen MR) is 121 cm³/mol. The maximum absolute atomic E-state index is 13.3. The van der Waals surface area contributed by atoms with Gasteiger partial charge in [0.05, 0.1) is 12.2 Å². The number of amides is 2. The van der Waals surface area contributed by atoms with E-state index in [2.05, 4.69) is 6.92 Å². The van der Waals surface area contributed by atoms with Crippen LogP contribution in [0.5, 0.6) is 5.75 Å². The number of ether oxygens (including phenoxy) is 1. The normalized spacial score (nSPS) is 20.3. The molecule has 1 aromatic carbocycles. The molecule has 0 atom stereocenters. The second-order valence-electron chi connectivity index (χ2n) is 8.46. The van der Waals surface area contributed by atoms with Crippen LogP contribution in [0, 0.1) is 0 Å². The van der Waals surface area contributed by atoms with Crippen LogP contribution in [0.1, 0.15) is 89.5 Å². The van der Waals surface area contributed by atoms with Crippen LogP contribution in [0.15, 0.2) is 29.3 Å². The lowest BCUT2D eigenvalue weighted by atomic mass is 9.96. The molecule has 30 heavy (non-hydrogen) atoms. The van der Waals surface area contributed by atoms with E-state index in [4.69, 9.17) is 16.3 Å². The Morgan fingerprint density at radius 3 is 1.93 bits per heavy atom. The van der Waals surface area contributed by atoms with E-state index in [1.807, 2.05) is 24.3 Å². The van der Waals surface area contributed by atoms with E-state index in [1.165, 1.54) is 49.8 Å². The van der Waals surface area contributed by atoms with Gasteiger partial charge in [-0.25, -0.2) is 0 Å². The van der Waals surface area contributed by atoms with Crippen molar-refractivity contribution in [1.29, 1.82) is 0 Å². The van der Waals surface area contributed by atoms with E-state index in [0.717, 1.165) is 37.9 Å². The molecule has 2 aliphatic rings. The van der Waals surface area contributed by atoms with Gasteiger partial charge >= 0.3 is 0 Å². The Hall–Kier alpha value is -1.81. The van der Waals surface area contributed by atoms with Gasteiger partial charge in [0.15, 0.2) is 0 Å². The molecule has 0 bridgehead atoms. The van der Waals surface area contributed by atoms with Crippen molar-refractivity contribution in [1.82, 2.24) is 4.90 Å². The van der Waals surface area contributed by atoms with Gasteiger partial charge in [-0.2, -0.15) is 0 Å². The summed E-state index contributed by atoms with van der Waals surface area (Å²) in [6.07, 6.45) is 13.5. The number of imide groups is 1. The highest BCUT2D eigenvalue weighted by Crippen LogP contribution is 2.35. The summed E-state index contributed by atoms with van der Waals surface area (Å²) in [5.74, 6) is 0.176. The molecular weight excluding hydrogens is 398 g/mol. The van der Waals surface area contributed by atoms with Crippen LogP contribution in [0.25, 0.3) is 5.57 Å². The molecule has 1 aliphatic carbocycles. The van der Waals surface area contributed by atoms with Crippen molar-refractivity contribution < 1.29 is 14.3 Å². The standard InChI is InChI=1S/C25H34ClNO3/c1-2-18-30-21-16-14-19(15-17-21)22-23(26)25(29)27(24(22)28)20-12-10-8-6-4-3-5-7-9-11-13-20/h14-17,20H,2-13,18H2,1H3. The molecule has 1 heterocycles. The summed E-state index contributed by atoms with van der Waals surface area (Å²) in [6, 6.07) is 7.25. The lowest BCUT2D eigenvalue weighted by Crippen LogP contribution is -2.41. The molecule has 4 nitrogen and oxygen atoms in total. The molecule has 0 radical (unpaired) electrons. The van der Waals surface area contributed by atoms with Gasteiger partial charge in [0.2, 0.25) is 0 Å². The Morgan fingerprint density at radius 1 is 0.867 bits per heavy atom. The number of halogens is 1. The topological polar surface area (TPSA) is 46.6 Å². The van der Waals surface area contributed by atoms with Crippen LogP contribution in [0.4, 0.5) is 0 Å². The van der Waals surface area contributed by atoms with E-state index in [0.29, 0.717) is 17.7 Å². The number of nitrogens with zero attached hydrogens (tertiary/aromatic N) is 1. The Labute approximate surface area is 185 Å². The minimum Gasteiger partial charge on any atom is -0.494 e. The van der Waals surface area contributed by atoms with Crippen molar-refractivity contribution in [3.05, 3.63) is 34.9 Å². The molecule has 0 aromatic heterocycles. The zero-order chi connectivity index (χ0) is 21.3. The molecule has 164 valence electrons. The zero-order valence-corrected chi connectivity index (χ0v) is 18.9. The van der Waals surface area contributed by atoms with Gasteiger partial charge in [0.1, 0.15) is 10.8 Å². The molecule has 1 aromatic rings. The SMILES string of the molecule is CCCOc1ccc(C2=C(Cl)C(=O)N(C3CCCCCCCCCCC3)C2=O)cc1. The first-order valence-electron chi connectivity index (χ1n) is 11.6. The minimum absolute atomic E-state index is 0.0494. The Bertz CT molecular complexity index is 744. The lowest BCUT2D eigenvalue weighted by Gasteiger charge is -2.27. The fraction of sp³-hybridized carbons (Fsp3) is 0.600. The maximum Gasteiger partial charge on any atom is 0.273 e. The second kappa shape index (κ2) is 11.5. The monoisotopic (exact) mass is 431 g/mol. The third-order valence-electron chi connectivity index (χ3n) is 6.11. The van der Waals surface area contributed by atoms with E-state index in [9.17, 15) is 9.59 Å². The van der Waals surface area contributed by atoms with E-state index in [1.54, 1.807) is 0 Å². The molecular formula is C25H34ClNO3. The van der Waals surface area contributed by atoms with Crippen LogP contribution in [-0.4, -0.2) is 29.4 Å². The highest BCUT2D eigenvalue weighted by Gasteiger charge is 2.41. The van der Waals surface area contributed by atoms with Crippen molar-refractivity contribution in [3.63, 3.8) is 0 Å². The molecule has 2 amide bonds. The summed E-state index contributed by atoms with van der Waals surface area (Å²) >= 11 is 6.41. The number of benzene rings is 1. The van der Waals surface area contributed by atoms with Gasteiger partial charge in [-0.05, 0) is 37.0 Å². The fourth-order valence-corrected chi connectivity index (χ4v) is 4.72. The number of carbonyl (C=O) groups is 2. The second-order valence-corrected chi connectivity index (χ2v) is 8.83. The van der Waals surface area contributed by atoms with Crippen molar-refractivity contribution in [3.8, 4) is 5.75 Å². The summed E-state index contributed by atoms with van der Waals surface area (Å²) in [7, 11) is 0. The Morgan fingerprint density at radius 2 is 1.40 bits per heavy atom. The largest absolute Gasteiger partial charge is 0.494 e. The molecule has 3 rings (SSSR count). The predicted octanol–water partition coefficient (Wildman–Crippen LogP) is 6.47. The van der Waals surface area contributed by atoms with Crippen molar-refractivity contribution in [2.24, 2.45) is 0 Å².